The second-order valence-corrected chi connectivity index (χ2v) is 5.67. The maximum atomic E-state index is 5.92. The van der Waals surface area contributed by atoms with Crippen LogP contribution in [0.4, 0.5) is 5.69 Å². The Morgan fingerprint density at radius 3 is 2.79 bits per heavy atom. The van der Waals surface area contributed by atoms with E-state index < -0.39 is 0 Å². The number of rotatable bonds is 2. The van der Waals surface area contributed by atoms with Crippen molar-refractivity contribution in [1.29, 1.82) is 0 Å². The molecule has 4 rings (SSSR count). The van der Waals surface area contributed by atoms with Gasteiger partial charge in [-0.3, -0.25) is 0 Å². The molecule has 0 atom stereocenters. The standard InChI is InChI=1S/C15H19N3O/c1-10-8-12(18-6-4-16-5-7-18)9-13-14(10)19-15(17-13)11-2-3-11/h8-9,11,16H,2-7H2,1H3. The van der Waals surface area contributed by atoms with Gasteiger partial charge in [-0.2, -0.15) is 0 Å². The lowest BCUT2D eigenvalue weighted by atomic mass is 10.1. The molecule has 0 unspecified atom stereocenters. The average molecular weight is 257 g/mol. The molecule has 0 bridgehead atoms. The second kappa shape index (κ2) is 4.23. The number of benzene rings is 1. The van der Waals surface area contributed by atoms with Crippen molar-refractivity contribution in [3.63, 3.8) is 0 Å². The molecule has 1 N–H and O–H groups in total. The van der Waals surface area contributed by atoms with E-state index in [0.29, 0.717) is 5.92 Å². The number of hydrogen-bond acceptors (Lipinski definition) is 4. The fraction of sp³-hybridized carbons (Fsp3) is 0.533. The van der Waals surface area contributed by atoms with Gasteiger partial charge in [0.05, 0.1) is 0 Å². The van der Waals surface area contributed by atoms with Crippen LogP contribution in [0.25, 0.3) is 11.1 Å². The van der Waals surface area contributed by atoms with Crippen molar-refractivity contribution < 1.29 is 4.42 Å². The molecule has 2 fully saturated rings. The summed E-state index contributed by atoms with van der Waals surface area (Å²) in [5, 5.41) is 3.39. The summed E-state index contributed by atoms with van der Waals surface area (Å²) in [4.78, 5) is 7.11. The van der Waals surface area contributed by atoms with Crippen LogP contribution < -0.4 is 10.2 Å². The number of aryl methyl sites for hydroxylation is 1. The number of nitrogens with zero attached hydrogens (tertiary/aromatic N) is 2. The highest BCUT2D eigenvalue weighted by molar-refractivity contribution is 5.81. The molecule has 1 aromatic carbocycles. The molecular weight excluding hydrogens is 238 g/mol. The van der Waals surface area contributed by atoms with Crippen molar-refractivity contribution in [1.82, 2.24) is 10.3 Å². The predicted molar refractivity (Wildman–Crippen MR) is 75.8 cm³/mol. The Hall–Kier alpha value is -1.55. The van der Waals surface area contributed by atoms with Gasteiger partial charge in [0.2, 0.25) is 0 Å². The van der Waals surface area contributed by atoms with Gasteiger partial charge in [-0.1, -0.05) is 0 Å². The zero-order valence-corrected chi connectivity index (χ0v) is 11.3. The van der Waals surface area contributed by atoms with Crippen molar-refractivity contribution in [3.05, 3.63) is 23.6 Å². The molecule has 4 nitrogen and oxygen atoms in total. The van der Waals surface area contributed by atoms with E-state index >= 15 is 0 Å². The van der Waals surface area contributed by atoms with E-state index in [4.69, 9.17) is 4.42 Å². The van der Waals surface area contributed by atoms with Gasteiger partial charge in [0, 0.05) is 37.8 Å². The van der Waals surface area contributed by atoms with E-state index in [2.05, 4.69) is 34.3 Å². The van der Waals surface area contributed by atoms with Crippen LogP contribution in [-0.4, -0.2) is 31.2 Å². The van der Waals surface area contributed by atoms with Gasteiger partial charge in [-0.15, -0.1) is 0 Å². The van der Waals surface area contributed by atoms with Crippen LogP contribution in [0.5, 0.6) is 0 Å². The molecule has 2 aromatic rings. The van der Waals surface area contributed by atoms with Crippen molar-refractivity contribution in [2.45, 2.75) is 25.7 Å². The lowest BCUT2D eigenvalue weighted by Gasteiger charge is -2.29. The zero-order valence-electron chi connectivity index (χ0n) is 11.3. The number of piperazine rings is 1. The van der Waals surface area contributed by atoms with E-state index in [1.54, 1.807) is 0 Å². The third-order valence-corrected chi connectivity index (χ3v) is 4.09. The minimum atomic E-state index is 0.578. The van der Waals surface area contributed by atoms with E-state index in [1.807, 2.05) is 0 Å². The molecule has 1 saturated heterocycles. The summed E-state index contributed by atoms with van der Waals surface area (Å²) in [5.41, 5.74) is 4.48. The van der Waals surface area contributed by atoms with Gasteiger partial charge in [0.25, 0.3) is 0 Å². The summed E-state index contributed by atoms with van der Waals surface area (Å²) in [5.74, 6) is 1.52. The molecule has 1 aliphatic carbocycles. The van der Waals surface area contributed by atoms with Gasteiger partial charge < -0.3 is 14.6 Å². The Labute approximate surface area is 112 Å². The normalized spacial score (nSPS) is 20.2. The Balaban J connectivity index is 1.75. The SMILES string of the molecule is Cc1cc(N2CCNCC2)cc2nc(C3CC3)oc12. The number of fused-ring (bicyclic) bond motifs is 1. The highest BCUT2D eigenvalue weighted by Gasteiger charge is 2.29. The van der Waals surface area contributed by atoms with Crippen LogP contribution in [-0.2, 0) is 0 Å². The van der Waals surface area contributed by atoms with Crippen molar-refractivity contribution >= 4 is 16.8 Å². The van der Waals surface area contributed by atoms with Crippen molar-refractivity contribution in [3.8, 4) is 0 Å². The Kier molecular flexibility index (Phi) is 2.52. The van der Waals surface area contributed by atoms with Crippen LogP contribution in [0.3, 0.4) is 0 Å². The van der Waals surface area contributed by atoms with Crippen molar-refractivity contribution in [2.75, 3.05) is 31.1 Å². The minimum absolute atomic E-state index is 0.578. The van der Waals surface area contributed by atoms with E-state index in [9.17, 15) is 0 Å². The number of anilines is 1. The lowest BCUT2D eigenvalue weighted by molar-refractivity contribution is 0.531. The first-order chi connectivity index (χ1) is 9.31. The molecule has 0 amide bonds. The Bertz CT molecular complexity index is 609. The van der Waals surface area contributed by atoms with E-state index in [-0.39, 0.29) is 0 Å². The summed E-state index contributed by atoms with van der Waals surface area (Å²) < 4.78 is 5.92. The summed E-state index contributed by atoms with van der Waals surface area (Å²) in [6.07, 6.45) is 2.47. The summed E-state index contributed by atoms with van der Waals surface area (Å²) in [6.45, 7) is 6.37. The highest BCUT2D eigenvalue weighted by atomic mass is 16.3. The first-order valence-corrected chi connectivity index (χ1v) is 7.18. The number of nitrogens with one attached hydrogen (secondary N) is 1. The first kappa shape index (κ1) is 11.3. The molecule has 1 aromatic heterocycles. The summed E-state index contributed by atoms with van der Waals surface area (Å²) in [6, 6.07) is 4.42. The molecule has 100 valence electrons. The zero-order chi connectivity index (χ0) is 12.8. The second-order valence-electron chi connectivity index (χ2n) is 5.67. The first-order valence-electron chi connectivity index (χ1n) is 7.18. The van der Waals surface area contributed by atoms with E-state index in [1.165, 1.54) is 24.1 Å². The van der Waals surface area contributed by atoms with Gasteiger partial charge in [0.1, 0.15) is 5.52 Å². The van der Waals surface area contributed by atoms with Crippen LogP contribution in [0.15, 0.2) is 16.5 Å². The summed E-state index contributed by atoms with van der Waals surface area (Å²) in [7, 11) is 0. The van der Waals surface area contributed by atoms with E-state index in [0.717, 1.165) is 43.2 Å². The molecule has 1 aliphatic heterocycles. The third-order valence-electron chi connectivity index (χ3n) is 4.09. The molecular formula is C15H19N3O. The fourth-order valence-corrected chi connectivity index (χ4v) is 2.81. The monoisotopic (exact) mass is 257 g/mol. The minimum Gasteiger partial charge on any atom is -0.440 e. The highest BCUT2D eigenvalue weighted by Crippen LogP contribution is 2.41. The molecule has 4 heteroatoms. The van der Waals surface area contributed by atoms with Gasteiger partial charge in [-0.05, 0) is 37.5 Å². The molecule has 1 saturated carbocycles. The van der Waals surface area contributed by atoms with Crippen LogP contribution >= 0.6 is 0 Å². The maximum absolute atomic E-state index is 5.92. The molecule has 2 aliphatic rings. The maximum Gasteiger partial charge on any atom is 0.198 e. The van der Waals surface area contributed by atoms with Crippen LogP contribution in [0.2, 0.25) is 0 Å². The lowest BCUT2D eigenvalue weighted by Crippen LogP contribution is -2.43. The number of oxazole rings is 1. The van der Waals surface area contributed by atoms with Crippen molar-refractivity contribution in [2.24, 2.45) is 0 Å². The van der Waals surface area contributed by atoms with Gasteiger partial charge >= 0.3 is 0 Å². The molecule has 2 heterocycles. The Morgan fingerprint density at radius 2 is 2.05 bits per heavy atom. The van der Waals surface area contributed by atoms with Crippen LogP contribution in [0.1, 0.15) is 30.2 Å². The molecule has 0 spiro atoms. The van der Waals surface area contributed by atoms with Crippen LogP contribution in [0, 0.1) is 6.92 Å². The number of aromatic nitrogens is 1. The quantitative estimate of drug-likeness (QED) is 0.897. The number of hydrogen-bond donors (Lipinski definition) is 1. The largest absolute Gasteiger partial charge is 0.440 e. The molecule has 0 radical (unpaired) electrons. The third kappa shape index (κ3) is 2.00. The predicted octanol–water partition coefficient (Wildman–Crippen LogP) is 2.42. The topological polar surface area (TPSA) is 41.3 Å². The van der Waals surface area contributed by atoms with Gasteiger partial charge in [0.15, 0.2) is 11.5 Å². The smallest absolute Gasteiger partial charge is 0.198 e. The average Bonchev–Trinajstić information content (AvgIpc) is 3.20. The molecule has 19 heavy (non-hydrogen) atoms. The summed E-state index contributed by atoms with van der Waals surface area (Å²) >= 11 is 0. The Morgan fingerprint density at radius 1 is 1.26 bits per heavy atom. The fourth-order valence-electron chi connectivity index (χ4n) is 2.81. The van der Waals surface area contributed by atoms with Gasteiger partial charge in [-0.25, -0.2) is 4.98 Å².